The molecule has 0 saturated carbocycles. The molecule has 1 aromatic rings. The summed E-state index contributed by atoms with van der Waals surface area (Å²) >= 11 is 0. The van der Waals surface area contributed by atoms with Crippen molar-refractivity contribution in [3.05, 3.63) is 40.3 Å². The van der Waals surface area contributed by atoms with E-state index in [4.69, 9.17) is 15.0 Å². The van der Waals surface area contributed by atoms with E-state index in [2.05, 4.69) is 10.0 Å². The van der Waals surface area contributed by atoms with Crippen LogP contribution in [0.2, 0.25) is 0 Å². The van der Waals surface area contributed by atoms with Gasteiger partial charge < -0.3 is 9.47 Å². The molecule has 1 rings (SSSR count). The zero-order valence-corrected chi connectivity index (χ0v) is 14.7. The molecule has 0 aromatic heterocycles. The summed E-state index contributed by atoms with van der Waals surface area (Å²) in [4.78, 5) is 14.8. The van der Waals surface area contributed by atoms with Crippen LogP contribution in [0.15, 0.2) is 29.4 Å². The van der Waals surface area contributed by atoms with Crippen LogP contribution < -0.4 is 4.74 Å². The van der Waals surface area contributed by atoms with Crippen LogP contribution in [0.1, 0.15) is 47.1 Å². The Bertz CT molecular complexity index is 577. The van der Waals surface area contributed by atoms with Crippen molar-refractivity contribution in [3.8, 4) is 5.75 Å². The molecule has 126 valence electrons. The van der Waals surface area contributed by atoms with Gasteiger partial charge in [-0.25, -0.2) is 0 Å². The quantitative estimate of drug-likeness (QED) is 0.348. The van der Waals surface area contributed by atoms with Gasteiger partial charge in [0.2, 0.25) is 0 Å². The average molecular weight is 319 g/mol. The molecule has 0 radical (unpaired) electrons. The number of carbonyl (C=O) groups excluding carboxylic acids is 1. The van der Waals surface area contributed by atoms with Crippen molar-refractivity contribution in [1.82, 2.24) is 0 Å². The number of rotatable bonds is 5. The summed E-state index contributed by atoms with van der Waals surface area (Å²) in [5, 5.41) is 3.56. The van der Waals surface area contributed by atoms with Crippen molar-refractivity contribution in [2.75, 3.05) is 0 Å². The van der Waals surface area contributed by atoms with E-state index in [0.29, 0.717) is 0 Å². The Morgan fingerprint density at radius 3 is 2.13 bits per heavy atom. The van der Waals surface area contributed by atoms with Gasteiger partial charge in [-0.1, -0.05) is 17.2 Å². The Balaban J connectivity index is 2.81. The van der Waals surface area contributed by atoms with Crippen LogP contribution in [0, 0.1) is 0 Å². The Morgan fingerprint density at radius 2 is 1.70 bits per heavy atom. The molecule has 0 aliphatic heterocycles. The smallest absolute Gasteiger partial charge is 0.315 e. The lowest BCUT2D eigenvalue weighted by atomic mass is 10.1. The first-order chi connectivity index (χ1) is 10.5. The second kappa shape index (κ2) is 7.38. The maximum absolute atomic E-state index is 12.1. The normalized spacial score (nSPS) is 13.0. The molecule has 0 amide bonds. The summed E-state index contributed by atoms with van der Waals surface area (Å²) in [5.41, 5.74) is 8.64. The summed E-state index contributed by atoms with van der Waals surface area (Å²) in [6.07, 6.45) is 0.286. The minimum atomic E-state index is -0.881. The highest BCUT2D eigenvalue weighted by atomic mass is 16.6. The number of hydrogen-bond acceptors (Lipinski definition) is 4. The largest absolute Gasteiger partial charge is 0.488 e. The molecule has 0 fully saturated rings. The maximum Gasteiger partial charge on any atom is 0.315 e. The standard InChI is InChI=1S/C17H25N3O3/c1-16(2,3)22-13-9-7-12(8-10-13)11-14(19-20-18)15(21)23-17(4,5)6/h7-10,14H,11H2,1-6H3/t14-/m0/s1. The van der Waals surface area contributed by atoms with E-state index in [0.717, 1.165) is 11.3 Å². The molecule has 0 bridgehead atoms. The minimum absolute atomic E-state index is 0.272. The third-order valence-corrected chi connectivity index (χ3v) is 2.65. The van der Waals surface area contributed by atoms with E-state index < -0.39 is 17.6 Å². The predicted octanol–water partition coefficient (Wildman–Crippen LogP) is 4.43. The van der Waals surface area contributed by atoms with Gasteiger partial charge in [0.15, 0.2) is 0 Å². The lowest BCUT2D eigenvalue weighted by Gasteiger charge is -2.22. The second-order valence-corrected chi connectivity index (χ2v) is 7.32. The van der Waals surface area contributed by atoms with Crippen LogP contribution >= 0.6 is 0 Å². The fourth-order valence-corrected chi connectivity index (χ4v) is 1.87. The van der Waals surface area contributed by atoms with Gasteiger partial charge >= 0.3 is 5.97 Å². The molecule has 6 heteroatoms. The summed E-state index contributed by atoms with van der Waals surface area (Å²) in [6.45, 7) is 11.2. The third-order valence-electron chi connectivity index (χ3n) is 2.65. The first kappa shape index (κ1) is 18.8. The number of nitrogens with zero attached hydrogens (tertiary/aromatic N) is 3. The molecule has 23 heavy (non-hydrogen) atoms. The lowest BCUT2D eigenvalue weighted by molar-refractivity contribution is -0.156. The van der Waals surface area contributed by atoms with E-state index in [1.165, 1.54) is 0 Å². The number of carbonyl (C=O) groups is 1. The van der Waals surface area contributed by atoms with Crippen LogP contribution in [-0.2, 0) is 16.0 Å². The Labute approximate surface area is 137 Å². The average Bonchev–Trinajstić information content (AvgIpc) is 2.36. The molecule has 0 aliphatic rings. The van der Waals surface area contributed by atoms with Crippen molar-refractivity contribution in [2.24, 2.45) is 5.11 Å². The SMILES string of the molecule is CC(C)(C)OC(=O)[C@H](Cc1ccc(OC(C)(C)C)cc1)N=[N+]=[N-]. The number of esters is 1. The zero-order valence-electron chi connectivity index (χ0n) is 14.7. The first-order valence-electron chi connectivity index (χ1n) is 7.55. The van der Waals surface area contributed by atoms with Gasteiger partial charge in [0.05, 0.1) is 0 Å². The van der Waals surface area contributed by atoms with Gasteiger partial charge in [0.1, 0.15) is 23.0 Å². The predicted molar refractivity (Wildman–Crippen MR) is 89.3 cm³/mol. The van der Waals surface area contributed by atoms with Crippen molar-refractivity contribution in [3.63, 3.8) is 0 Å². The summed E-state index contributed by atoms with van der Waals surface area (Å²) in [5.74, 6) is 0.226. The van der Waals surface area contributed by atoms with E-state index in [1.54, 1.807) is 20.8 Å². The van der Waals surface area contributed by atoms with E-state index in [-0.39, 0.29) is 12.0 Å². The van der Waals surface area contributed by atoms with Gasteiger partial charge in [-0.15, -0.1) is 0 Å². The Kier molecular flexibility index (Phi) is 6.05. The van der Waals surface area contributed by atoms with Crippen molar-refractivity contribution < 1.29 is 14.3 Å². The molecular weight excluding hydrogens is 294 g/mol. The van der Waals surface area contributed by atoms with Gasteiger partial charge in [0.25, 0.3) is 0 Å². The minimum Gasteiger partial charge on any atom is -0.488 e. The van der Waals surface area contributed by atoms with Gasteiger partial charge in [-0.2, -0.15) is 0 Å². The lowest BCUT2D eigenvalue weighted by Crippen LogP contribution is -2.31. The highest BCUT2D eigenvalue weighted by Gasteiger charge is 2.24. The monoisotopic (exact) mass is 319 g/mol. The molecule has 0 aliphatic carbocycles. The van der Waals surface area contributed by atoms with Crippen LogP contribution in [0.25, 0.3) is 10.4 Å². The van der Waals surface area contributed by atoms with Crippen LogP contribution in [-0.4, -0.2) is 23.2 Å². The van der Waals surface area contributed by atoms with E-state index >= 15 is 0 Å². The van der Waals surface area contributed by atoms with E-state index in [1.807, 2.05) is 45.0 Å². The van der Waals surface area contributed by atoms with Crippen LogP contribution in [0.5, 0.6) is 5.75 Å². The van der Waals surface area contributed by atoms with E-state index in [9.17, 15) is 4.79 Å². The molecule has 0 heterocycles. The first-order valence-corrected chi connectivity index (χ1v) is 7.55. The fourth-order valence-electron chi connectivity index (χ4n) is 1.87. The Hall–Kier alpha value is -2.20. The van der Waals surface area contributed by atoms with Gasteiger partial charge in [-0.3, -0.25) is 4.79 Å². The maximum atomic E-state index is 12.1. The second-order valence-electron chi connectivity index (χ2n) is 7.32. The molecule has 1 aromatic carbocycles. The van der Waals surface area contributed by atoms with Crippen molar-refractivity contribution >= 4 is 5.97 Å². The number of azide groups is 1. The molecule has 0 N–H and O–H groups in total. The topological polar surface area (TPSA) is 84.3 Å². The van der Waals surface area contributed by atoms with Crippen molar-refractivity contribution in [2.45, 2.75) is 65.2 Å². The highest BCUT2D eigenvalue weighted by molar-refractivity contribution is 5.76. The fraction of sp³-hybridized carbons (Fsp3) is 0.588. The van der Waals surface area contributed by atoms with Gasteiger partial charge in [-0.05, 0) is 71.2 Å². The van der Waals surface area contributed by atoms with Crippen LogP contribution in [0.3, 0.4) is 0 Å². The molecule has 6 nitrogen and oxygen atoms in total. The number of hydrogen-bond donors (Lipinski definition) is 0. The molecule has 0 saturated heterocycles. The van der Waals surface area contributed by atoms with Crippen LogP contribution in [0.4, 0.5) is 0 Å². The molecular formula is C17H25N3O3. The molecule has 0 spiro atoms. The Morgan fingerprint density at radius 1 is 1.13 bits per heavy atom. The van der Waals surface area contributed by atoms with Gasteiger partial charge in [0, 0.05) is 4.91 Å². The molecule has 1 atom stereocenters. The van der Waals surface area contributed by atoms with Crippen molar-refractivity contribution in [1.29, 1.82) is 0 Å². The summed E-state index contributed by atoms with van der Waals surface area (Å²) in [7, 11) is 0. The number of ether oxygens (including phenoxy) is 2. The highest BCUT2D eigenvalue weighted by Crippen LogP contribution is 2.20. The molecule has 0 unspecified atom stereocenters. The summed E-state index contributed by atoms with van der Waals surface area (Å²) < 4.78 is 11.0. The number of benzene rings is 1. The zero-order chi connectivity index (χ0) is 17.7. The third kappa shape index (κ3) is 7.56. The summed E-state index contributed by atoms with van der Waals surface area (Å²) in [6, 6.07) is 6.50.